The second-order valence-corrected chi connectivity index (χ2v) is 4.49. The third-order valence-corrected chi connectivity index (χ3v) is 3.18. The number of benzene rings is 2. The minimum atomic E-state index is -1.03. The van der Waals surface area contributed by atoms with Crippen LogP contribution in [0.4, 0.5) is 17.6 Å². The van der Waals surface area contributed by atoms with Crippen molar-refractivity contribution in [3.05, 3.63) is 70.3 Å². The molecule has 0 saturated heterocycles. The van der Waals surface area contributed by atoms with Gasteiger partial charge in [-0.2, -0.15) is 0 Å². The van der Waals surface area contributed by atoms with Gasteiger partial charge in [-0.3, -0.25) is 0 Å². The molecule has 1 unspecified atom stereocenters. The van der Waals surface area contributed by atoms with Crippen LogP contribution in [0.25, 0.3) is 0 Å². The van der Waals surface area contributed by atoms with E-state index >= 15 is 0 Å². The molecule has 20 heavy (non-hydrogen) atoms. The zero-order valence-electron chi connectivity index (χ0n) is 11.0. The molecule has 0 aliphatic heterocycles. The van der Waals surface area contributed by atoms with E-state index < -0.39 is 29.3 Å². The monoisotopic (exact) mass is 283 g/mol. The lowest BCUT2D eigenvalue weighted by Gasteiger charge is -2.19. The smallest absolute Gasteiger partial charge is 0.164 e. The summed E-state index contributed by atoms with van der Waals surface area (Å²) in [4.78, 5) is 0. The van der Waals surface area contributed by atoms with Gasteiger partial charge < -0.3 is 5.32 Å². The molecule has 0 amide bonds. The van der Waals surface area contributed by atoms with Crippen LogP contribution in [0.2, 0.25) is 0 Å². The van der Waals surface area contributed by atoms with Crippen molar-refractivity contribution < 1.29 is 17.6 Å². The summed E-state index contributed by atoms with van der Waals surface area (Å²) in [5.74, 6) is -3.54. The molecule has 2 aromatic rings. The number of halogens is 4. The SMILES string of the molecule is CNC(c1ccc(F)cc1F)c1ccc(C)c(F)c1F. The van der Waals surface area contributed by atoms with Gasteiger partial charge in [0.25, 0.3) is 0 Å². The molecule has 1 atom stereocenters. The Hall–Kier alpha value is -1.88. The molecule has 0 radical (unpaired) electrons. The van der Waals surface area contributed by atoms with Crippen LogP contribution >= 0.6 is 0 Å². The molecule has 5 heteroatoms. The molecule has 0 fully saturated rings. The lowest BCUT2D eigenvalue weighted by molar-refractivity contribution is 0.477. The summed E-state index contributed by atoms with van der Waals surface area (Å²) in [7, 11) is 1.49. The largest absolute Gasteiger partial charge is 0.309 e. The van der Waals surface area contributed by atoms with Crippen molar-refractivity contribution in [3.8, 4) is 0 Å². The minimum Gasteiger partial charge on any atom is -0.309 e. The average molecular weight is 283 g/mol. The van der Waals surface area contributed by atoms with Crippen LogP contribution < -0.4 is 5.32 Å². The molecule has 2 aromatic carbocycles. The lowest BCUT2D eigenvalue weighted by atomic mass is 9.96. The Morgan fingerprint density at radius 3 is 2.15 bits per heavy atom. The van der Waals surface area contributed by atoms with Crippen molar-refractivity contribution in [2.45, 2.75) is 13.0 Å². The fraction of sp³-hybridized carbons (Fsp3) is 0.200. The third kappa shape index (κ3) is 2.54. The summed E-state index contributed by atoms with van der Waals surface area (Å²) < 4.78 is 54.3. The molecule has 0 bridgehead atoms. The van der Waals surface area contributed by atoms with Gasteiger partial charge in [-0.25, -0.2) is 17.6 Å². The standard InChI is InChI=1S/C15H13F4N/c1-8-3-5-11(14(19)13(8)18)15(20-2)10-6-4-9(16)7-12(10)17/h3-7,15,20H,1-2H3. The Bertz CT molecular complexity index is 640. The number of aryl methyl sites for hydroxylation is 1. The molecule has 106 valence electrons. The first kappa shape index (κ1) is 14.5. The van der Waals surface area contributed by atoms with Crippen LogP contribution in [0.5, 0.6) is 0 Å². The maximum atomic E-state index is 14.0. The first-order valence-electron chi connectivity index (χ1n) is 6.02. The van der Waals surface area contributed by atoms with E-state index in [0.29, 0.717) is 6.07 Å². The Labute approximate surface area is 114 Å². The topological polar surface area (TPSA) is 12.0 Å². The highest BCUT2D eigenvalue weighted by Gasteiger charge is 2.22. The summed E-state index contributed by atoms with van der Waals surface area (Å²) in [6.07, 6.45) is 0. The molecule has 0 aliphatic carbocycles. The predicted octanol–water partition coefficient (Wildman–Crippen LogP) is 3.86. The van der Waals surface area contributed by atoms with Gasteiger partial charge in [-0.15, -0.1) is 0 Å². The molecule has 0 aromatic heterocycles. The first-order valence-corrected chi connectivity index (χ1v) is 6.02. The van der Waals surface area contributed by atoms with Gasteiger partial charge >= 0.3 is 0 Å². The molecule has 0 aliphatic rings. The summed E-state index contributed by atoms with van der Waals surface area (Å²) in [6.45, 7) is 1.44. The Balaban J connectivity index is 2.55. The number of rotatable bonds is 3. The van der Waals surface area contributed by atoms with E-state index in [-0.39, 0.29) is 16.7 Å². The Morgan fingerprint density at radius 1 is 0.900 bits per heavy atom. The van der Waals surface area contributed by atoms with Gasteiger partial charge in [0.2, 0.25) is 0 Å². The van der Waals surface area contributed by atoms with Crippen LogP contribution in [0.1, 0.15) is 22.7 Å². The molecular formula is C15H13F4N. The van der Waals surface area contributed by atoms with E-state index in [2.05, 4.69) is 5.32 Å². The highest BCUT2D eigenvalue weighted by molar-refractivity contribution is 5.36. The maximum absolute atomic E-state index is 14.0. The highest BCUT2D eigenvalue weighted by Crippen LogP contribution is 2.28. The van der Waals surface area contributed by atoms with Crippen molar-refractivity contribution >= 4 is 0 Å². The number of hydrogen-bond donors (Lipinski definition) is 1. The van der Waals surface area contributed by atoms with Gasteiger partial charge in [-0.05, 0) is 25.6 Å². The summed E-state index contributed by atoms with van der Waals surface area (Å²) in [5.41, 5.74) is 0.192. The fourth-order valence-electron chi connectivity index (χ4n) is 2.10. The van der Waals surface area contributed by atoms with Gasteiger partial charge in [0.05, 0.1) is 6.04 Å². The zero-order chi connectivity index (χ0) is 14.9. The van der Waals surface area contributed by atoms with E-state index in [4.69, 9.17) is 0 Å². The predicted molar refractivity (Wildman–Crippen MR) is 68.4 cm³/mol. The minimum absolute atomic E-state index is 0.0268. The molecule has 1 nitrogen and oxygen atoms in total. The molecule has 1 N–H and O–H groups in total. The van der Waals surface area contributed by atoms with Crippen LogP contribution in [-0.2, 0) is 0 Å². The van der Waals surface area contributed by atoms with E-state index in [1.807, 2.05) is 0 Å². The zero-order valence-corrected chi connectivity index (χ0v) is 11.0. The van der Waals surface area contributed by atoms with Crippen molar-refractivity contribution in [2.75, 3.05) is 7.05 Å². The summed E-state index contributed by atoms with van der Waals surface area (Å²) >= 11 is 0. The van der Waals surface area contributed by atoms with Gasteiger partial charge in [0.15, 0.2) is 11.6 Å². The summed E-state index contributed by atoms with van der Waals surface area (Å²) in [5, 5.41) is 2.71. The van der Waals surface area contributed by atoms with E-state index in [1.54, 1.807) is 0 Å². The molecule has 2 rings (SSSR count). The van der Waals surface area contributed by atoms with E-state index in [0.717, 1.165) is 6.07 Å². The Morgan fingerprint density at radius 2 is 1.55 bits per heavy atom. The molecule has 0 spiro atoms. The second-order valence-electron chi connectivity index (χ2n) is 4.49. The Kier molecular flexibility index (Phi) is 4.09. The van der Waals surface area contributed by atoms with E-state index in [1.165, 1.54) is 32.2 Å². The number of hydrogen-bond acceptors (Lipinski definition) is 1. The van der Waals surface area contributed by atoms with Gasteiger partial charge in [0.1, 0.15) is 11.6 Å². The molecular weight excluding hydrogens is 270 g/mol. The van der Waals surface area contributed by atoms with Gasteiger partial charge in [0, 0.05) is 17.2 Å². The highest BCUT2D eigenvalue weighted by atomic mass is 19.2. The number of nitrogens with one attached hydrogen (secondary N) is 1. The normalized spacial score (nSPS) is 12.5. The third-order valence-electron chi connectivity index (χ3n) is 3.18. The van der Waals surface area contributed by atoms with Crippen LogP contribution in [-0.4, -0.2) is 7.05 Å². The fourth-order valence-corrected chi connectivity index (χ4v) is 2.10. The second kappa shape index (κ2) is 5.63. The average Bonchev–Trinajstić information content (AvgIpc) is 2.41. The lowest BCUT2D eigenvalue weighted by Crippen LogP contribution is -2.21. The van der Waals surface area contributed by atoms with Crippen LogP contribution in [0.15, 0.2) is 30.3 Å². The first-order chi connectivity index (χ1) is 9.45. The van der Waals surface area contributed by atoms with Crippen LogP contribution in [0.3, 0.4) is 0 Å². The van der Waals surface area contributed by atoms with Crippen LogP contribution in [0, 0.1) is 30.2 Å². The van der Waals surface area contributed by atoms with Gasteiger partial charge in [-0.1, -0.05) is 18.2 Å². The maximum Gasteiger partial charge on any atom is 0.164 e. The van der Waals surface area contributed by atoms with Crippen molar-refractivity contribution in [3.63, 3.8) is 0 Å². The van der Waals surface area contributed by atoms with Crippen molar-refractivity contribution in [1.82, 2.24) is 5.32 Å². The van der Waals surface area contributed by atoms with Crippen molar-refractivity contribution in [1.29, 1.82) is 0 Å². The molecule has 0 saturated carbocycles. The molecule has 0 heterocycles. The van der Waals surface area contributed by atoms with E-state index in [9.17, 15) is 17.6 Å². The quantitative estimate of drug-likeness (QED) is 0.843. The summed E-state index contributed by atoms with van der Waals surface area (Å²) in [6, 6.07) is 4.90. The van der Waals surface area contributed by atoms with Crippen molar-refractivity contribution in [2.24, 2.45) is 0 Å².